The second-order valence-electron chi connectivity index (χ2n) is 9.75. The Morgan fingerprint density at radius 3 is 2.68 bits per heavy atom. The molecular formula is C29H23F2N7. The Kier molecular flexibility index (Phi) is 5.26. The van der Waals surface area contributed by atoms with Gasteiger partial charge in [-0.3, -0.25) is 20.0 Å². The van der Waals surface area contributed by atoms with Crippen molar-refractivity contribution in [2.24, 2.45) is 0 Å². The van der Waals surface area contributed by atoms with E-state index in [0.717, 1.165) is 61.3 Å². The highest BCUT2D eigenvalue weighted by Gasteiger charge is 2.37. The fourth-order valence-corrected chi connectivity index (χ4v) is 5.22. The highest BCUT2D eigenvalue weighted by Crippen LogP contribution is 2.34. The van der Waals surface area contributed by atoms with Crippen molar-refractivity contribution in [2.45, 2.75) is 18.9 Å². The first-order valence-corrected chi connectivity index (χ1v) is 12.4. The second kappa shape index (κ2) is 8.81. The fraction of sp³-hybridized carbons (Fsp3) is 0.172. The Morgan fingerprint density at radius 2 is 1.84 bits per heavy atom. The van der Waals surface area contributed by atoms with E-state index in [1.54, 1.807) is 23.5 Å². The number of aromatic nitrogens is 6. The van der Waals surface area contributed by atoms with Crippen LogP contribution in [0.4, 0.5) is 8.78 Å². The highest BCUT2D eigenvalue weighted by atomic mass is 19.3. The van der Waals surface area contributed by atoms with E-state index >= 15 is 0 Å². The van der Waals surface area contributed by atoms with Crippen molar-refractivity contribution in [1.29, 1.82) is 0 Å². The number of halogens is 2. The van der Waals surface area contributed by atoms with Crippen molar-refractivity contribution in [3.63, 3.8) is 0 Å². The van der Waals surface area contributed by atoms with Crippen molar-refractivity contribution in [3.05, 3.63) is 84.9 Å². The van der Waals surface area contributed by atoms with Crippen LogP contribution in [-0.4, -0.2) is 54.0 Å². The van der Waals surface area contributed by atoms with Gasteiger partial charge in [-0.1, -0.05) is 18.2 Å². The SMILES string of the molecule is FC1(F)CCN(Cc2cncc(-c3ccc4[nH]nc(-c5cc6c(-c7cccnc7)cccc6[nH]5)c4n3)c2)C1. The number of alkyl halides is 2. The van der Waals surface area contributed by atoms with Gasteiger partial charge in [0, 0.05) is 66.3 Å². The van der Waals surface area contributed by atoms with Gasteiger partial charge < -0.3 is 4.98 Å². The van der Waals surface area contributed by atoms with Crippen LogP contribution in [0.25, 0.3) is 55.7 Å². The molecular weight excluding hydrogens is 484 g/mol. The Morgan fingerprint density at radius 1 is 0.921 bits per heavy atom. The predicted molar refractivity (Wildman–Crippen MR) is 142 cm³/mol. The molecule has 2 N–H and O–H groups in total. The molecule has 0 amide bonds. The molecule has 0 atom stereocenters. The Labute approximate surface area is 216 Å². The summed E-state index contributed by atoms with van der Waals surface area (Å²) in [5.74, 6) is -2.61. The van der Waals surface area contributed by atoms with E-state index in [1.807, 2.05) is 48.7 Å². The van der Waals surface area contributed by atoms with Gasteiger partial charge >= 0.3 is 0 Å². The summed E-state index contributed by atoms with van der Waals surface area (Å²) in [6.45, 7) is 0.601. The minimum Gasteiger partial charge on any atom is -0.353 e. The molecule has 0 bridgehead atoms. The maximum Gasteiger partial charge on any atom is 0.261 e. The molecule has 1 aliphatic rings. The quantitative estimate of drug-likeness (QED) is 0.296. The largest absolute Gasteiger partial charge is 0.353 e. The Balaban J connectivity index is 1.24. The lowest BCUT2D eigenvalue weighted by Gasteiger charge is -2.15. The summed E-state index contributed by atoms with van der Waals surface area (Å²) in [4.78, 5) is 18.8. The lowest BCUT2D eigenvalue weighted by molar-refractivity contribution is 0.0115. The van der Waals surface area contributed by atoms with Gasteiger partial charge in [-0.05, 0) is 47.5 Å². The maximum atomic E-state index is 13.6. The molecule has 6 aromatic rings. The molecule has 0 spiro atoms. The van der Waals surface area contributed by atoms with E-state index in [-0.39, 0.29) is 13.0 Å². The van der Waals surface area contributed by atoms with Gasteiger partial charge in [-0.25, -0.2) is 13.8 Å². The Bertz CT molecular complexity index is 1770. The van der Waals surface area contributed by atoms with E-state index in [4.69, 9.17) is 4.98 Å². The van der Waals surface area contributed by atoms with Crippen LogP contribution in [0.3, 0.4) is 0 Å². The summed E-state index contributed by atoms with van der Waals surface area (Å²) >= 11 is 0. The minimum atomic E-state index is -2.61. The van der Waals surface area contributed by atoms with Crippen molar-refractivity contribution >= 4 is 21.9 Å². The predicted octanol–water partition coefficient (Wildman–Crippen LogP) is 6.07. The topological polar surface area (TPSA) is 86.4 Å². The first kappa shape index (κ1) is 22.7. The number of H-pyrrole nitrogens is 2. The average Bonchev–Trinajstić information content (AvgIpc) is 3.64. The molecule has 6 heterocycles. The van der Waals surface area contributed by atoms with Crippen LogP contribution in [0.5, 0.6) is 0 Å². The fourth-order valence-electron chi connectivity index (χ4n) is 5.22. The van der Waals surface area contributed by atoms with E-state index in [1.165, 1.54) is 0 Å². The molecule has 1 fully saturated rings. The van der Waals surface area contributed by atoms with Crippen molar-refractivity contribution < 1.29 is 8.78 Å². The summed E-state index contributed by atoms with van der Waals surface area (Å²) in [7, 11) is 0. The van der Waals surface area contributed by atoms with Crippen LogP contribution >= 0.6 is 0 Å². The number of fused-ring (bicyclic) bond motifs is 2. The van der Waals surface area contributed by atoms with Crippen LogP contribution in [-0.2, 0) is 6.54 Å². The van der Waals surface area contributed by atoms with Crippen molar-refractivity contribution in [3.8, 4) is 33.8 Å². The monoisotopic (exact) mass is 507 g/mol. The zero-order valence-electron chi connectivity index (χ0n) is 20.3. The summed E-state index contributed by atoms with van der Waals surface area (Å²) in [5.41, 5.74) is 8.72. The molecule has 7 rings (SSSR count). The van der Waals surface area contributed by atoms with Crippen molar-refractivity contribution in [1.82, 2.24) is 35.0 Å². The van der Waals surface area contributed by atoms with Crippen LogP contribution in [0, 0.1) is 0 Å². The summed E-state index contributed by atoms with van der Waals surface area (Å²) < 4.78 is 27.3. The zero-order chi connectivity index (χ0) is 25.7. The van der Waals surface area contributed by atoms with E-state index in [9.17, 15) is 8.78 Å². The van der Waals surface area contributed by atoms with Gasteiger partial charge in [0.1, 0.15) is 11.2 Å². The molecule has 0 saturated carbocycles. The molecule has 7 nitrogen and oxygen atoms in total. The smallest absolute Gasteiger partial charge is 0.261 e. The second-order valence-corrected chi connectivity index (χ2v) is 9.75. The number of hydrogen-bond acceptors (Lipinski definition) is 5. The first-order chi connectivity index (χ1) is 18.5. The summed E-state index contributed by atoms with van der Waals surface area (Å²) in [5, 5.41) is 8.74. The van der Waals surface area contributed by atoms with Gasteiger partial charge in [-0.15, -0.1) is 0 Å². The molecule has 1 aromatic carbocycles. The molecule has 5 aromatic heterocycles. The highest BCUT2D eigenvalue weighted by molar-refractivity contribution is 6.00. The standard InChI is InChI=1S/C29H23F2N7/c30-29(31)8-10-38(17-29)16-18-11-20(15-33-13-18)23-6-7-25-27(35-23)28(37-36-25)26-12-22-21(4-1-5-24(22)34-26)19-3-2-9-32-14-19/h1-7,9,11-15,34H,8,10,16-17H2,(H,36,37). The first-order valence-electron chi connectivity index (χ1n) is 12.4. The van der Waals surface area contributed by atoms with E-state index < -0.39 is 5.92 Å². The van der Waals surface area contributed by atoms with Crippen LogP contribution in [0.1, 0.15) is 12.0 Å². The lowest BCUT2D eigenvalue weighted by Crippen LogP contribution is -2.24. The van der Waals surface area contributed by atoms with Gasteiger partial charge in [0.15, 0.2) is 0 Å². The molecule has 188 valence electrons. The average molecular weight is 508 g/mol. The van der Waals surface area contributed by atoms with Gasteiger partial charge in [0.2, 0.25) is 0 Å². The minimum absolute atomic E-state index is 0.0981. The van der Waals surface area contributed by atoms with Gasteiger partial charge in [-0.2, -0.15) is 5.10 Å². The van der Waals surface area contributed by atoms with Crippen LogP contribution in [0.15, 0.2) is 79.4 Å². The number of rotatable bonds is 5. The number of hydrogen-bond donors (Lipinski definition) is 2. The number of benzene rings is 1. The van der Waals surface area contributed by atoms with E-state index in [2.05, 4.69) is 37.3 Å². The van der Waals surface area contributed by atoms with Crippen LogP contribution < -0.4 is 0 Å². The Hall–Kier alpha value is -4.50. The number of nitrogens with one attached hydrogen (secondary N) is 2. The van der Waals surface area contributed by atoms with Crippen LogP contribution in [0.2, 0.25) is 0 Å². The number of likely N-dealkylation sites (tertiary alicyclic amines) is 1. The van der Waals surface area contributed by atoms with Gasteiger partial charge in [0.05, 0.1) is 23.4 Å². The summed E-state index contributed by atoms with van der Waals surface area (Å²) in [6, 6.07) is 18.1. The van der Waals surface area contributed by atoms with Crippen molar-refractivity contribution in [2.75, 3.05) is 13.1 Å². The molecule has 9 heteroatoms. The van der Waals surface area contributed by atoms with Gasteiger partial charge in [0.25, 0.3) is 5.92 Å². The molecule has 0 unspecified atom stereocenters. The molecule has 1 aliphatic heterocycles. The zero-order valence-corrected chi connectivity index (χ0v) is 20.3. The number of aromatic amines is 2. The lowest BCUT2D eigenvalue weighted by atomic mass is 10.0. The number of pyridine rings is 3. The molecule has 0 aliphatic carbocycles. The third kappa shape index (κ3) is 4.10. The molecule has 1 saturated heterocycles. The third-order valence-corrected chi connectivity index (χ3v) is 7.05. The normalized spacial score (nSPS) is 15.5. The summed E-state index contributed by atoms with van der Waals surface area (Å²) in [6.07, 6.45) is 7.00. The van der Waals surface area contributed by atoms with E-state index in [0.29, 0.717) is 13.1 Å². The number of nitrogens with zero attached hydrogens (tertiary/aromatic N) is 5. The maximum absolute atomic E-state index is 13.6. The molecule has 0 radical (unpaired) electrons. The third-order valence-electron chi connectivity index (χ3n) is 7.05. The molecule has 38 heavy (non-hydrogen) atoms.